The second kappa shape index (κ2) is 9.72. The zero-order valence-corrected chi connectivity index (χ0v) is 19.7. The molecule has 0 amide bonds. The molecule has 9 heteroatoms. The van der Waals surface area contributed by atoms with Crippen molar-refractivity contribution < 1.29 is 27.1 Å². The summed E-state index contributed by atoms with van der Waals surface area (Å²) in [6.07, 6.45) is -3.98. The van der Waals surface area contributed by atoms with E-state index in [0.29, 0.717) is 48.0 Å². The van der Waals surface area contributed by atoms with Crippen LogP contribution in [0.25, 0.3) is 22.5 Å². The number of alkyl halides is 3. The average molecular weight is 514 g/mol. The van der Waals surface area contributed by atoms with Crippen LogP contribution in [0.3, 0.4) is 0 Å². The van der Waals surface area contributed by atoms with Crippen molar-refractivity contribution in [1.29, 1.82) is 0 Å². The topological polar surface area (TPSA) is 52.1 Å². The summed E-state index contributed by atoms with van der Waals surface area (Å²) in [7, 11) is 0. The number of rotatable bonds is 5. The number of piperidine rings is 1. The molecule has 192 valence electrons. The molecule has 0 aliphatic carbocycles. The summed E-state index contributed by atoms with van der Waals surface area (Å²) in [6, 6.07) is 16.9. The molecule has 4 aromatic rings. The van der Waals surface area contributed by atoms with E-state index in [2.05, 4.69) is 9.97 Å². The fourth-order valence-electron chi connectivity index (χ4n) is 4.76. The highest BCUT2D eigenvalue weighted by Gasteiger charge is 2.37. The summed E-state index contributed by atoms with van der Waals surface area (Å²) in [6.45, 7) is 1.23. The predicted octanol–water partition coefficient (Wildman–Crippen LogP) is 6.52. The molecule has 0 atom stereocenters. The monoisotopic (exact) mass is 513 g/mol. The summed E-state index contributed by atoms with van der Waals surface area (Å²) < 4.78 is 67.3. The van der Waals surface area contributed by atoms with E-state index in [1.807, 2.05) is 4.90 Å². The van der Waals surface area contributed by atoms with Crippen LogP contribution in [-0.2, 0) is 18.3 Å². The number of H-pyrrole nitrogens is 1. The first-order chi connectivity index (χ1) is 17.6. The lowest BCUT2D eigenvalue weighted by atomic mass is 9.83. The Hall–Kier alpha value is -3.56. The van der Waals surface area contributed by atoms with Crippen LogP contribution in [-0.4, -0.2) is 33.1 Å². The van der Waals surface area contributed by atoms with E-state index in [1.165, 1.54) is 36.4 Å². The highest BCUT2D eigenvalue weighted by molar-refractivity contribution is 5.78. The molecule has 5 rings (SSSR count). The minimum atomic E-state index is -4.48. The number of hydrogen-bond donors (Lipinski definition) is 2. The Morgan fingerprint density at radius 3 is 2.14 bits per heavy atom. The standard InChI is InChI=1S/C28H24F5N3O/c29-22-8-1-4-18(14-22)25-26(19-5-2-9-23(30)15-19)35-24(34-25)17-36-12-10-27(37,11-13-36)20-6-3-7-21(16-20)28(31,32)33/h1-9,14-16,37H,10-13,17H2,(H,34,35). The zero-order valence-electron chi connectivity index (χ0n) is 19.7. The molecule has 1 aliphatic rings. The molecular weight excluding hydrogens is 489 g/mol. The fraction of sp³-hybridized carbons (Fsp3) is 0.250. The molecule has 1 aromatic heterocycles. The first kappa shape index (κ1) is 25.1. The molecule has 1 fully saturated rings. The fourth-order valence-corrected chi connectivity index (χ4v) is 4.76. The molecule has 4 nitrogen and oxygen atoms in total. The van der Waals surface area contributed by atoms with Gasteiger partial charge in [-0.2, -0.15) is 13.2 Å². The number of hydrogen-bond acceptors (Lipinski definition) is 3. The maximum absolute atomic E-state index is 13.9. The SMILES string of the molecule is OC1(c2cccc(C(F)(F)F)c2)CCN(Cc2nc(-c3cccc(F)c3)c(-c3cccc(F)c3)[nH]2)CC1. The van der Waals surface area contributed by atoms with Gasteiger partial charge in [-0.05, 0) is 54.8 Å². The van der Waals surface area contributed by atoms with Crippen LogP contribution in [0.2, 0.25) is 0 Å². The lowest BCUT2D eigenvalue weighted by Crippen LogP contribution is -2.42. The molecule has 0 bridgehead atoms. The lowest BCUT2D eigenvalue weighted by molar-refractivity contribution is -0.137. The Labute approximate surface area is 210 Å². The van der Waals surface area contributed by atoms with Gasteiger partial charge in [-0.3, -0.25) is 4.90 Å². The maximum atomic E-state index is 13.9. The Bertz CT molecular complexity index is 1340. The highest BCUT2D eigenvalue weighted by Crippen LogP contribution is 2.37. The van der Waals surface area contributed by atoms with E-state index in [1.54, 1.807) is 24.3 Å². The van der Waals surface area contributed by atoms with Gasteiger partial charge in [0, 0.05) is 24.2 Å². The molecule has 37 heavy (non-hydrogen) atoms. The molecule has 2 N–H and O–H groups in total. The molecular formula is C28H24F5N3O. The number of imidazole rings is 1. The van der Waals surface area contributed by atoms with Crippen LogP contribution in [0.4, 0.5) is 22.0 Å². The second-order valence-electron chi connectivity index (χ2n) is 9.31. The predicted molar refractivity (Wildman–Crippen MR) is 129 cm³/mol. The summed E-state index contributed by atoms with van der Waals surface area (Å²) in [5, 5.41) is 11.1. The Balaban J connectivity index is 1.37. The van der Waals surface area contributed by atoms with Crippen molar-refractivity contribution in [2.75, 3.05) is 13.1 Å². The van der Waals surface area contributed by atoms with Gasteiger partial charge < -0.3 is 10.1 Å². The van der Waals surface area contributed by atoms with Crippen molar-refractivity contribution in [3.8, 4) is 22.5 Å². The molecule has 2 heterocycles. The van der Waals surface area contributed by atoms with Gasteiger partial charge in [0.25, 0.3) is 0 Å². The zero-order chi connectivity index (χ0) is 26.2. The van der Waals surface area contributed by atoms with Crippen molar-refractivity contribution >= 4 is 0 Å². The number of aromatic nitrogens is 2. The summed E-state index contributed by atoms with van der Waals surface area (Å²) in [5.41, 5.74) is 0.249. The largest absolute Gasteiger partial charge is 0.416 e. The second-order valence-corrected chi connectivity index (χ2v) is 9.31. The molecule has 1 aliphatic heterocycles. The third kappa shape index (κ3) is 5.42. The Kier molecular flexibility index (Phi) is 6.59. The third-order valence-corrected chi connectivity index (χ3v) is 6.75. The molecule has 3 aromatic carbocycles. The lowest BCUT2D eigenvalue weighted by Gasteiger charge is -2.38. The van der Waals surface area contributed by atoms with Crippen molar-refractivity contribution in [2.24, 2.45) is 0 Å². The highest BCUT2D eigenvalue weighted by atomic mass is 19.4. The molecule has 0 radical (unpaired) electrons. The first-order valence-electron chi connectivity index (χ1n) is 11.8. The number of benzene rings is 3. The summed E-state index contributed by atoms with van der Waals surface area (Å²) >= 11 is 0. The van der Waals surface area contributed by atoms with Gasteiger partial charge in [0.2, 0.25) is 0 Å². The number of aliphatic hydroxyl groups is 1. The van der Waals surface area contributed by atoms with Gasteiger partial charge in [0.05, 0.1) is 29.1 Å². The van der Waals surface area contributed by atoms with Gasteiger partial charge in [-0.25, -0.2) is 13.8 Å². The minimum Gasteiger partial charge on any atom is -0.385 e. The molecule has 0 unspecified atom stereocenters. The smallest absolute Gasteiger partial charge is 0.385 e. The van der Waals surface area contributed by atoms with E-state index >= 15 is 0 Å². The maximum Gasteiger partial charge on any atom is 0.416 e. The van der Waals surface area contributed by atoms with Gasteiger partial charge in [-0.15, -0.1) is 0 Å². The van der Waals surface area contributed by atoms with E-state index in [0.717, 1.165) is 12.1 Å². The summed E-state index contributed by atoms with van der Waals surface area (Å²) in [4.78, 5) is 9.95. The molecule has 1 saturated heterocycles. The Morgan fingerprint density at radius 1 is 0.865 bits per heavy atom. The van der Waals surface area contributed by atoms with Gasteiger partial charge in [0.15, 0.2) is 0 Å². The third-order valence-electron chi connectivity index (χ3n) is 6.75. The van der Waals surface area contributed by atoms with Gasteiger partial charge in [0.1, 0.15) is 17.5 Å². The van der Waals surface area contributed by atoms with Crippen LogP contribution in [0.15, 0.2) is 72.8 Å². The number of halogens is 5. The van der Waals surface area contributed by atoms with Crippen LogP contribution in [0.5, 0.6) is 0 Å². The summed E-state index contributed by atoms with van der Waals surface area (Å²) in [5.74, 6) is -0.260. The van der Waals surface area contributed by atoms with E-state index in [4.69, 9.17) is 0 Å². The van der Waals surface area contributed by atoms with Crippen LogP contribution < -0.4 is 0 Å². The Morgan fingerprint density at radius 2 is 1.49 bits per heavy atom. The average Bonchev–Trinajstić information content (AvgIpc) is 3.29. The van der Waals surface area contributed by atoms with Crippen molar-refractivity contribution in [1.82, 2.24) is 14.9 Å². The molecule has 0 spiro atoms. The van der Waals surface area contributed by atoms with Crippen LogP contribution in [0.1, 0.15) is 29.8 Å². The first-order valence-corrected chi connectivity index (χ1v) is 11.8. The number of likely N-dealkylation sites (tertiary alicyclic amines) is 1. The normalized spacial score (nSPS) is 16.2. The van der Waals surface area contributed by atoms with Crippen LogP contribution >= 0.6 is 0 Å². The van der Waals surface area contributed by atoms with Crippen molar-refractivity contribution in [3.63, 3.8) is 0 Å². The van der Waals surface area contributed by atoms with E-state index in [9.17, 15) is 27.1 Å². The molecule has 0 saturated carbocycles. The van der Waals surface area contributed by atoms with Crippen molar-refractivity contribution in [2.45, 2.75) is 31.2 Å². The van der Waals surface area contributed by atoms with Gasteiger partial charge in [-0.1, -0.05) is 36.4 Å². The number of nitrogens with zero attached hydrogens (tertiary/aromatic N) is 2. The number of aromatic amines is 1. The van der Waals surface area contributed by atoms with E-state index in [-0.39, 0.29) is 18.4 Å². The van der Waals surface area contributed by atoms with E-state index < -0.39 is 29.0 Å². The quantitative estimate of drug-likeness (QED) is 0.299. The minimum absolute atomic E-state index is 0.252. The number of nitrogens with one attached hydrogen (secondary N) is 1. The van der Waals surface area contributed by atoms with Crippen LogP contribution in [0, 0.1) is 11.6 Å². The van der Waals surface area contributed by atoms with Gasteiger partial charge >= 0.3 is 6.18 Å². The van der Waals surface area contributed by atoms with Crippen molar-refractivity contribution in [3.05, 3.63) is 101 Å².